The Morgan fingerprint density at radius 1 is 0.644 bits per heavy atom. The molecule has 3 N–H and O–H groups in total. The van der Waals surface area contributed by atoms with Crippen LogP contribution in [0.5, 0.6) is 5.75 Å². The summed E-state index contributed by atoms with van der Waals surface area (Å²) in [6.07, 6.45) is 0. The monoisotopic (exact) mass is 1050 g/mol. The van der Waals surface area contributed by atoms with Gasteiger partial charge in [0.05, 0.1) is 33.1 Å². The molecule has 7 amide bonds. The molecule has 0 unspecified atom stereocenters. The molecule has 0 aromatic heterocycles. The molecule has 2 aliphatic rings. The number of para-hydroxylation sites is 2. The van der Waals surface area contributed by atoms with E-state index in [1.54, 1.807) is 98.8 Å². The van der Waals surface area contributed by atoms with Crippen LogP contribution in [0.4, 0.5) is 22.7 Å². The standard InChI is InChI=1S/C15H18N2O3.C15H16N2O2S.C12H10N2O3S.C11H10ClNO2/c1-9(2)14(19)10(3)15(20)17-13-7-5-6-12(8-13)16-11(4)18;1-9(2)16-13(18)11(4)14(19)17(15(16)20)12-7-5-10(3)6-8-12;1-8-10(15)13(2)12(18)14(11(8)16)17-9-6-4-3-5-7-9;1-7(8(2)14)11(15)13-10-6-4-3-5-9(10)12/h5-9H,3H2,1-2,4H3,(H,16,18)(H,17,20);5-9H,4H2,1-3H3;3-7H,1H2,2H3;3-6H,1H2,2H3,(H,13,15). The Labute approximate surface area is 439 Å². The average molecular weight is 1050 g/mol. The molecular weight excluding hydrogens is 994 g/mol. The van der Waals surface area contributed by atoms with Crippen LogP contribution in [-0.4, -0.2) is 91.1 Å². The summed E-state index contributed by atoms with van der Waals surface area (Å²) in [6, 6.07) is 29.4. The molecule has 0 saturated carbocycles. The van der Waals surface area contributed by atoms with E-state index in [0.29, 0.717) is 33.5 Å². The summed E-state index contributed by atoms with van der Waals surface area (Å²) in [5.41, 5.74) is 2.83. The van der Waals surface area contributed by atoms with E-state index in [-0.39, 0.29) is 62.0 Å². The second kappa shape index (κ2) is 26.8. The first-order valence-electron chi connectivity index (χ1n) is 21.9. The van der Waals surface area contributed by atoms with Crippen LogP contribution in [-0.2, 0) is 43.2 Å². The predicted octanol–water partition coefficient (Wildman–Crippen LogP) is 8.33. The molecule has 0 radical (unpaired) electrons. The zero-order valence-electron chi connectivity index (χ0n) is 41.4. The summed E-state index contributed by atoms with van der Waals surface area (Å²) < 4.78 is 0. The van der Waals surface area contributed by atoms with E-state index in [2.05, 4.69) is 42.3 Å². The molecule has 0 bridgehead atoms. The number of aryl methyl sites for hydroxylation is 1. The zero-order chi connectivity index (χ0) is 55.0. The van der Waals surface area contributed by atoms with Crippen LogP contribution in [0.25, 0.3) is 0 Å². The van der Waals surface area contributed by atoms with Gasteiger partial charge in [-0.1, -0.05) is 106 Å². The Morgan fingerprint density at radius 2 is 1.18 bits per heavy atom. The summed E-state index contributed by atoms with van der Waals surface area (Å²) >= 11 is 16.1. The number of Topliss-reactive ketones (excluding diaryl/α,β-unsaturated/α-hetero) is 2. The summed E-state index contributed by atoms with van der Waals surface area (Å²) in [7, 11) is 1.46. The Kier molecular flexibility index (Phi) is 21.7. The predicted molar refractivity (Wildman–Crippen MR) is 289 cm³/mol. The van der Waals surface area contributed by atoms with E-state index in [4.69, 9.17) is 40.9 Å². The van der Waals surface area contributed by atoms with Gasteiger partial charge < -0.3 is 20.8 Å². The van der Waals surface area contributed by atoms with Crippen LogP contribution >= 0.6 is 36.0 Å². The van der Waals surface area contributed by atoms with Crippen LogP contribution in [0, 0.1) is 12.8 Å². The molecule has 2 fully saturated rings. The van der Waals surface area contributed by atoms with Gasteiger partial charge in [-0.3, -0.25) is 57.9 Å². The van der Waals surface area contributed by atoms with E-state index in [0.717, 1.165) is 15.5 Å². The lowest BCUT2D eigenvalue weighted by atomic mass is 10.0. The summed E-state index contributed by atoms with van der Waals surface area (Å²) in [4.78, 5) is 114. The van der Waals surface area contributed by atoms with Crippen LogP contribution < -0.4 is 25.7 Å². The molecule has 4 aromatic rings. The number of nitrogens with zero attached hydrogens (tertiary/aromatic N) is 4. The largest absolute Gasteiger partial charge is 0.369 e. The number of likely N-dealkylation sites (N-methyl/N-ethyl adjacent to an activating group) is 1. The van der Waals surface area contributed by atoms with Crippen molar-refractivity contribution >= 4 is 122 Å². The van der Waals surface area contributed by atoms with Crippen molar-refractivity contribution in [2.45, 2.75) is 54.5 Å². The number of hydrogen-bond donors (Lipinski definition) is 3. The number of carbonyl (C=O) groups excluding carboxylic acids is 9. The Hall–Kier alpha value is -8.26. The second-order valence-electron chi connectivity index (χ2n) is 16.3. The third-order valence-corrected chi connectivity index (χ3v) is 11.1. The van der Waals surface area contributed by atoms with Gasteiger partial charge in [0.25, 0.3) is 35.4 Å². The number of benzene rings is 4. The summed E-state index contributed by atoms with van der Waals surface area (Å²) in [5.74, 6) is -3.79. The van der Waals surface area contributed by atoms with Crippen LogP contribution in [0.3, 0.4) is 0 Å². The fourth-order valence-electron chi connectivity index (χ4n) is 5.89. The number of nitrogens with one attached hydrogen (secondary N) is 3. The molecule has 0 aliphatic carbocycles. The molecule has 20 heteroatoms. The van der Waals surface area contributed by atoms with E-state index in [1.165, 1.54) is 30.7 Å². The van der Waals surface area contributed by atoms with Crippen LogP contribution in [0.2, 0.25) is 5.02 Å². The maximum absolute atomic E-state index is 12.3. The first-order chi connectivity index (χ1) is 34.2. The van der Waals surface area contributed by atoms with E-state index in [9.17, 15) is 43.2 Å². The number of thiocarbonyl (C=S) groups is 2. The molecule has 0 atom stereocenters. The number of carbonyl (C=O) groups is 9. The van der Waals surface area contributed by atoms with E-state index < -0.39 is 35.4 Å². The van der Waals surface area contributed by atoms with Crippen molar-refractivity contribution in [1.29, 1.82) is 0 Å². The van der Waals surface area contributed by atoms with Crippen molar-refractivity contribution in [1.82, 2.24) is 14.9 Å². The first kappa shape index (κ1) is 59.1. The normalized spacial score (nSPS) is 13.2. The SMILES string of the molecule is C=C(C(=O)Nc1cccc(NC(C)=O)c1)C(=O)C(C)C.C=C(C(C)=O)C(=O)Nc1ccccc1Cl.C=C1C(=O)N(C)C(=S)N(Oc2ccccc2)C1=O.C=C1C(=O)N(c2ccc(C)cc2)C(=S)N(C(C)C)C1=O. The van der Waals surface area contributed by atoms with Crippen molar-refractivity contribution in [2.24, 2.45) is 5.92 Å². The van der Waals surface area contributed by atoms with Crippen molar-refractivity contribution in [3.63, 3.8) is 0 Å². The number of anilines is 4. The molecular formula is C53H54ClN7O10S2. The second-order valence-corrected chi connectivity index (χ2v) is 17.5. The molecule has 2 heterocycles. The lowest BCUT2D eigenvalue weighted by Gasteiger charge is -2.38. The van der Waals surface area contributed by atoms with Gasteiger partial charge in [0, 0.05) is 37.3 Å². The highest BCUT2D eigenvalue weighted by molar-refractivity contribution is 7.80. The smallest absolute Gasteiger partial charge is 0.298 e. The van der Waals surface area contributed by atoms with E-state index in [1.807, 2.05) is 39.0 Å². The number of rotatable bonds is 12. The lowest BCUT2D eigenvalue weighted by molar-refractivity contribution is -0.147. The molecule has 380 valence electrons. The summed E-state index contributed by atoms with van der Waals surface area (Å²) in [6.45, 7) is 25.7. The first-order valence-corrected chi connectivity index (χ1v) is 23.1. The Balaban J connectivity index is 0.000000258. The summed E-state index contributed by atoms with van der Waals surface area (Å²) in [5, 5.41) is 9.18. The fraction of sp³-hybridized carbons (Fsp3) is 0.189. The number of amides is 7. The number of hydroxylamine groups is 2. The molecule has 2 saturated heterocycles. The average Bonchev–Trinajstić information content (AvgIpc) is 3.34. The van der Waals surface area contributed by atoms with E-state index >= 15 is 0 Å². The van der Waals surface area contributed by atoms with Gasteiger partial charge in [0.1, 0.15) is 5.57 Å². The minimum atomic E-state index is -0.646. The minimum Gasteiger partial charge on any atom is -0.369 e. The maximum Gasteiger partial charge on any atom is 0.298 e. The Bertz CT molecular complexity index is 2920. The molecule has 2 aliphatic heterocycles. The van der Waals surface area contributed by atoms with Gasteiger partial charge in [-0.05, 0) is 107 Å². The number of ketones is 2. The van der Waals surface area contributed by atoms with Gasteiger partial charge in [0.2, 0.25) is 11.0 Å². The molecule has 0 spiro atoms. The third kappa shape index (κ3) is 16.1. The highest BCUT2D eigenvalue weighted by atomic mass is 35.5. The van der Waals surface area contributed by atoms with Crippen molar-refractivity contribution < 1.29 is 48.0 Å². The van der Waals surface area contributed by atoms with Crippen molar-refractivity contribution in [3.8, 4) is 5.75 Å². The number of hydrogen-bond acceptors (Lipinski definition) is 12. The quantitative estimate of drug-likeness (QED) is 0.0529. The highest BCUT2D eigenvalue weighted by Gasteiger charge is 2.41. The molecule has 6 rings (SSSR count). The van der Waals surface area contributed by atoms with Crippen molar-refractivity contribution in [3.05, 3.63) is 162 Å². The van der Waals surface area contributed by atoms with Gasteiger partial charge in [-0.25, -0.2) is 0 Å². The molecule has 17 nitrogen and oxygen atoms in total. The van der Waals surface area contributed by atoms with Crippen molar-refractivity contribution in [2.75, 3.05) is 27.9 Å². The maximum atomic E-state index is 12.3. The topological polar surface area (TPSA) is 212 Å². The van der Waals surface area contributed by atoms with Gasteiger partial charge >= 0.3 is 0 Å². The molecule has 73 heavy (non-hydrogen) atoms. The highest BCUT2D eigenvalue weighted by Crippen LogP contribution is 2.26. The minimum absolute atomic E-state index is 0.0127. The zero-order valence-corrected chi connectivity index (χ0v) is 43.8. The van der Waals surface area contributed by atoms with Crippen LogP contribution in [0.1, 0.15) is 47.1 Å². The van der Waals surface area contributed by atoms with Gasteiger partial charge in [0.15, 0.2) is 22.4 Å². The Morgan fingerprint density at radius 3 is 1.71 bits per heavy atom. The molecule has 4 aromatic carbocycles. The fourth-order valence-corrected chi connectivity index (χ4v) is 6.76. The van der Waals surface area contributed by atoms with Crippen LogP contribution in [0.15, 0.2) is 152 Å². The number of halogens is 1. The lowest BCUT2D eigenvalue weighted by Crippen LogP contribution is -2.58. The van der Waals surface area contributed by atoms with Gasteiger partial charge in [-0.2, -0.15) is 0 Å². The van der Waals surface area contributed by atoms with Gasteiger partial charge in [-0.15, -0.1) is 5.06 Å². The third-order valence-electron chi connectivity index (χ3n) is 9.91.